The molecule has 1 saturated carbocycles. The number of nitro benzene ring substituents is 2. The fourth-order valence-corrected chi connectivity index (χ4v) is 10.2. The van der Waals surface area contributed by atoms with Gasteiger partial charge in [-0.1, -0.05) is 60.5 Å². The molecular weight excluding hydrogens is 955 g/mol. The van der Waals surface area contributed by atoms with Crippen molar-refractivity contribution in [2.75, 3.05) is 46.2 Å². The first-order valence-electron chi connectivity index (χ1n) is 24.8. The molecule has 4 aromatic carbocycles. The zero-order valence-electron chi connectivity index (χ0n) is 41.1. The summed E-state index contributed by atoms with van der Waals surface area (Å²) < 4.78 is 26.1. The summed E-state index contributed by atoms with van der Waals surface area (Å²) in [7, 11) is 0. The summed E-state index contributed by atoms with van der Waals surface area (Å²) in [5.74, 6) is -2.99. The number of allylic oxidation sites excluding steroid dienone is 1. The van der Waals surface area contributed by atoms with Crippen molar-refractivity contribution in [3.05, 3.63) is 170 Å². The number of rotatable bonds is 27. The van der Waals surface area contributed by atoms with Crippen LogP contribution in [0.1, 0.15) is 73.1 Å². The van der Waals surface area contributed by atoms with E-state index in [4.69, 9.17) is 28.9 Å². The van der Waals surface area contributed by atoms with E-state index in [1.807, 2.05) is 30.3 Å². The topological polar surface area (TPSA) is 255 Å². The molecule has 0 bridgehead atoms. The number of aliphatic hydroxyl groups excluding tert-OH is 3. The van der Waals surface area contributed by atoms with E-state index >= 15 is 4.79 Å². The highest BCUT2D eigenvalue weighted by atomic mass is 16.7. The van der Waals surface area contributed by atoms with E-state index in [1.165, 1.54) is 42.5 Å². The summed E-state index contributed by atoms with van der Waals surface area (Å²) >= 11 is 0. The lowest BCUT2D eigenvalue weighted by Gasteiger charge is -2.60. The highest BCUT2D eigenvalue weighted by molar-refractivity contribution is 6.03. The zero-order chi connectivity index (χ0) is 52.5. The zero-order valence-corrected chi connectivity index (χ0v) is 41.1. The van der Waals surface area contributed by atoms with Gasteiger partial charge < -0.3 is 49.3 Å². The Balaban J connectivity index is 1.40. The quantitative estimate of drug-likeness (QED) is 0.0145. The number of carbonyl (C=O) groups is 2. The normalized spacial score (nSPS) is 21.1. The van der Waals surface area contributed by atoms with Gasteiger partial charge in [-0.15, -0.1) is 6.58 Å². The Morgan fingerprint density at radius 2 is 1.57 bits per heavy atom. The number of nitro groups is 2. The summed E-state index contributed by atoms with van der Waals surface area (Å²) in [4.78, 5) is 58.0. The van der Waals surface area contributed by atoms with Crippen LogP contribution in [0.3, 0.4) is 0 Å². The summed E-state index contributed by atoms with van der Waals surface area (Å²) in [6.45, 7) is 3.83. The molecule has 392 valence electrons. The Hall–Kier alpha value is -7.29. The number of amides is 2. The number of benzene rings is 4. The molecule has 19 heteroatoms. The molecular formula is C55H63N5O14. The van der Waals surface area contributed by atoms with Crippen LogP contribution in [0.2, 0.25) is 0 Å². The summed E-state index contributed by atoms with van der Waals surface area (Å²) in [5, 5.41) is 60.2. The molecule has 3 aliphatic rings. The largest absolute Gasteiger partial charge is 0.459 e. The van der Waals surface area contributed by atoms with Gasteiger partial charge >= 0.3 is 6.09 Å². The van der Waals surface area contributed by atoms with Crippen molar-refractivity contribution in [2.24, 2.45) is 22.9 Å². The minimum absolute atomic E-state index is 0.00211. The van der Waals surface area contributed by atoms with Crippen molar-refractivity contribution in [2.45, 2.75) is 75.8 Å². The molecule has 2 aliphatic carbocycles. The molecule has 0 saturated heterocycles. The van der Waals surface area contributed by atoms with Gasteiger partial charge in [-0.2, -0.15) is 0 Å². The number of nitrogens with zero attached hydrogens (tertiary/aromatic N) is 4. The number of hydrogen-bond donors (Lipinski definition) is 4. The predicted molar refractivity (Wildman–Crippen MR) is 274 cm³/mol. The number of aliphatic hydroxyl groups is 3. The van der Waals surface area contributed by atoms with Crippen LogP contribution in [0.4, 0.5) is 16.2 Å². The third kappa shape index (κ3) is 13.5. The van der Waals surface area contributed by atoms with Gasteiger partial charge in [-0.3, -0.25) is 25.0 Å². The highest BCUT2D eigenvalue weighted by Crippen LogP contribution is 2.62. The van der Waals surface area contributed by atoms with Gasteiger partial charge in [0, 0.05) is 74.5 Å². The smallest absolute Gasteiger partial charge is 0.412 e. The van der Waals surface area contributed by atoms with Gasteiger partial charge in [0.1, 0.15) is 24.1 Å². The second kappa shape index (κ2) is 26.6. The van der Waals surface area contributed by atoms with Crippen LogP contribution in [-0.2, 0) is 32.3 Å². The minimum atomic E-state index is -1.68. The van der Waals surface area contributed by atoms with Gasteiger partial charge in [-0.25, -0.2) is 4.79 Å². The lowest BCUT2D eigenvalue weighted by molar-refractivity contribution is -0.385. The van der Waals surface area contributed by atoms with Gasteiger partial charge in [0.25, 0.3) is 11.4 Å². The molecule has 0 spiro atoms. The summed E-state index contributed by atoms with van der Waals surface area (Å²) in [5.41, 5.74) is 3.73. The van der Waals surface area contributed by atoms with E-state index < -0.39 is 45.5 Å². The molecule has 1 heterocycles. The fourth-order valence-electron chi connectivity index (χ4n) is 10.2. The molecule has 4 aromatic rings. The maximum absolute atomic E-state index is 15.0. The van der Waals surface area contributed by atoms with Crippen LogP contribution in [-0.4, -0.2) is 106 Å². The second-order valence-electron chi connectivity index (χ2n) is 18.2. The van der Waals surface area contributed by atoms with Gasteiger partial charge in [0.15, 0.2) is 0 Å². The molecule has 74 heavy (non-hydrogen) atoms. The molecule has 4 N–H and O–H groups in total. The molecule has 1 aliphatic heterocycles. The predicted octanol–water partition coefficient (Wildman–Crippen LogP) is 8.18. The Kier molecular flexibility index (Phi) is 19.6. The highest BCUT2D eigenvalue weighted by Gasteiger charge is 2.65. The Bertz CT molecular complexity index is 2640. The van der Waals surface area contributed by atoms with Crippen LogP contribution in [0.15, 0.2) is 133 Å². The first-order valence-corrected chi connectivity index (χ1v) is 24.8. The summed E-state index contributed by atoms with van der Waals surface area (Å²) in [6, 6.07) is 25.3. The third-order valence-corrected chi connectivity index (χ3v) is 13.6. The van der Waals surface area contributed by atoms with Crippen LogP contribution < -0.4 is 14.8 Å². The molecule has 6 atom stereocenters. The maximum Gasteiger partial charge on any atom is 0.412 e. The minimum Gasteiger partial charge on any atom is -0.459 e. The molecule has 6 unspecified atom stereocenters. The Labute approximate surface area is 429 Å². The average molecular weight is 1020 g/mol. The van der Waals surface area contributed by atoms with Crippen LogP contribution in [0.25, 0.3) is 6.08 Å². The van der Waals surface area contributed by atoms with Crippen molar-refractivity contribution in [3.8, 4) is 11.5 Å². The van der Waals surface area contributed by atoms with Crippen LogP contribution >= 0.6 is 0 Å². The van der Waals surface area contributed by atoms with Crippen molar-refractivity contribution in [1.29, 1.82) is 0 Å². The molecule has 0 aromatic heterocycles. The van der Waals surface area contributed by atoms with E-state index in [1.54, 1.807) is 47.4 Å². The standard InChI is InChI=1S/C55H63N5O14/c1-2-30-71-55-50(58(26-31-70-32-29-63)51(64)25-18-38-14-19-42(20-15-38)59(66)67)35-48(57-72-37-40-16-21-43(22-17-40)60(68)69)46-33-41(12-6-8-27-61)45(13-7-9-28-62)52(53(46)55)47-34-44(23-24-49(47)74-55)73-54(65)56-36-39-10-4-3-5-11-39/h2-5,10-11,14-25,33-34,41,45,50,52-53,61-63H,1,6-9,12-13,26-32,35-37H2,(H,56,65). The fraction of sp³-hybridized carbons (Fsp3) is 0.400. The van der Waals surface area contributed by atoms with E-state index in [9.17, 15) is 40.3 Å². The number of carbonyl (C=O) groups excluding carboxylic acids is 2. The molecule has 7 rings (SSSR count). The van der Waals surface area contributed by atoms with E-state index in [0.717, 1.165) is 11.1 Å². The van der Waals surface area contributed by atoms with E-state index in [2.05, 4.69) is 18.0 Å². The molecule has 1 fully saturated rings. The lowest BCUT2D eigenvalue weighted by atomic mass is 9.55. The number of fused-ring (bicyclic) bond motifs is 2. The van der Waals surface area contributed by atoms with Crippen molar-refractivity contribution in [3.63, 3.8) is 0 Å². The van der Waals surface area contributed by atoms with E-state index in [-0.39, 0.29) is 94.7 Å². The van der Waals surface area contributed by atoms with Crippen molar-refractivity contribution in [1.82, 2.24) is 10.2 Å². The number of nitrogens with one attached hydrogen (secondary N) is 1. The van der Waals surface area contributed by atoms with Gasteiger partial charge in [0.05, 0.1) is 47.9 Å². The first-order chi connectivity index (χ1) is 36.0. The lowest BCUT2D eigenvalue weighted by Crippen LogP contribution is -2.70. The number of non-ortho nitro benzene ring substituents is 2. The van der Waals surface area contributed by atoms with Crippen LogP contribution in [0.5, 0.6) is 11.5 Å². The van der Waals surface area contributed by atoms with Crippen molar-refractivity contribution < 1.29 is 58.5 Å². The van der Waals surface area contributed by atoms with Gasteiger partial charge in [0.2, 0.25) is 11.7 Å². The first kappa shape index (κ1) is 54.5. The second-order valence-corrected chi connectivity index (χ2v) is 18.2. The number of ether oxygens (including phenoxy) is 4. The average Bonchev–Trinajstić information content (AvgIpc) is 3.41. The van der Waals surface area contributed by atoms with Gasteiger partial charge in [-0.05, 0) is 108 Å². The SMILES string of the molecule is C=CCOC12Oc3ccc(OC(=O)NCc4ccccc4)cc3C3C(CCCCO)C(CCCCO)C=C(C(=NOCc4ccc([N+](=O)[O-])cc4)CC1N(CCOCCO)C(=O)C=Cc1ccc([N+](=O)[O-])cc1)C32. The number of oxime groups is 1. The molecule has 0 radical (unpaired) electrons. The van der Waals surface area contributed by atoms with E-state index in [0.29, 0.717) is 66.7 Å². The van der Waals surface area contributed by atoms with Crippen molar-refractivity contribution >= 4 is 35.2 Å². The summed E-state index contributed by atoms with van der Waals surface area (Å²) in [6.07, 6.45) is 9.76. The number of unbranched alkanes of at least 4 members (excludes halogenated alkanes) is 2. The van der Waals surface area contributed by atoms with Crippen LogP contribution in [0, 0.1) is 38.0 Å². The molecule has 19 nitrogen and oxygen atoms in total. The Morgan fingerprint density at radius 3 is 2.24 bits per heavy atom. The maximum atomic E-state index is 15.0. The Morgan fingerprint density at radius 1 is 0.865 bits per heavy atom. The molecule has 2 amide bonds. The number of hydrogen-bond acceptors (Lipinski definition) is 15. The third-order valence-electron chi connectivity index (χ3n) is 13.6. The monoisotopic (exact) mass is 1020 g/mol.